The maximum atomic E-state index is 12.7. The predicted octanol–water partition coefficient (Wildman–Crippen LogP) is 3.44. The molecule has 7 nitrogen and oxygen atoms in total. The number of carbonyl (C=O) groups excluding carboxylic acids is 2. The van der Waals surface area contributed by atoms with E-state index in [0.29, 0.717) is 19.4 Å². The van der Waals surface area contributed by atoms with E-state index in [2.05, 4.69) is 17.2 Å². The normalized spacial score (nSPS) is 25.5. The molecule has 2 aliphatic rings. The Labute approximate surface area is 190 Å². The molecule has 1 aromatic rings. The lowest BCUT2D eigenvalue weighted by atomic mass is 9.72. The summed E-state index contributed by atoms with van der Waals surface area (Å²) >= 11 is 0. The number of ether oxygens (including phenoxy) is 1. The Morgan fingerprint density at radius 3 is 2.72 bits per heavy atom. The summed E-state index contributed by atoms with van der Waals surface area (Å²) in [7, 11) is 3.12. The highest BCUT2D eigenvalue weighted by molar-refractivity contribution is 5.75. The second-order valence-corrected chi connectivity index (χ2v) is 9.02. The summed E-state index contributed by atoms with van der Waals surface area (Å²) in [5.41, 5.74) is 1.01. The molecule has 1 N–H and O–H groups in total. The van der Waals surface area contributed by atoms with Gasteiger partial charge in [-0.15, -0.1) is 0 Å². The standard InChI is InChI=1S/C25H34N2O5/c1-17(2)22(26-4)23(28)31-32-25(14-11-19-9-6-8-18(3)16-19)13-7-10-21-20(25)12-15-27(21)24(29)30-5/h6,8-9,16-17,20-22,26H,7,10,12-13,15H2,1-5H3/t20-,21-,22+,25-/m1/s1. The molecule has 0 aromatic heterocycles. The number of hydrogen-bond acceptors (Lipinski definition) is 6. The van der Waals surface area contributed by atoms with E-state index in [1.807, 2.05) is 45.0 Å². The lowest BCUT2D eigenvalue weighted by molar-refractivity contribution is -0.336. The van der Waals surface area contributed by atoms with Crippen LogP contribution < -0.4 is 5.32 Å². The average Bonchev–Trinajstić information content (AvgIpc) is 3.21. The fraction of sp³-hybridized carbons (Fsp3) is 0.600. The maximum Gasteiger partial charge on any atom is 0.409 e. The van der Waals surface area contributed by atoms with Crippen molar-refractivity contribution < 1.29 is 24.1 Å². The van der Waals surface area contributed by atoms with Gasteiger partial charge < -0.3 is 15.0 Å². The molecule has 1 saturated carbocycles. The van der Waals surface area contributed by atoms with Gasteiger partial charge in [-0.05, 0) is 63.3 Å². The summed E-state index contributed by atoms with van der Waals surface area (Å²) in [6.07, 6.45) is 2.64. The number of methoxy groups -OCH3 is 1. The molecule has 1 saturated heterocycles. The van der Waals surface area contributed by atoms with Crippen molar-refractivity contribution in [1.29, 1.82) is 0 Å². The lowest BCUT2D eigenvalue weighted by Gasteiger charge is -2.41. The van der Waals surface area contributed by atoms with E-state index in [1.165, 1.54) is 7.11 Å². The zero-order valence-electron chi connectivity index (χ0n) is 19.6. The molecule has 0 radical (unpaired) electrons. The monoisotopic (exact) mass is 442 g/mol. The lowest BCUT2D eigenvalue weighted by Crippen LogP contribution is -2.52. The first-order valence-corrected chi connectivity index (χ1v) is 11.3. The van der Waals surface area contributed by atoms with Crippen LogP contribution in [0.2, 0.25) is 0 Å². The van der Waals surface area contributed by atoms with Crippen molar-refractivity contribution in [2.45, 2.75) is 64.1 Å². The highest BCUT2D eigenvalue weighted by Crippen LogP contribution is 2.45. The number of hydrogen-bond donors (Lipinski definition) is 1. The molecule has 2 fully saturated rings. The van der Waals surface area contributed by atoms with Crippen LogP contribution in [0, 0.1) is 30.6 Å². The minimum atomic E-state index is -0.986. The molecular weight excluding hydrogens is 408 g/mol. The van der Waals surface area contributed by atoms with Crippen LogP contribution in [0.15, 0.2) is 24.3 Å². The van der Waals surface area contributed by atoms with Crippen molar-refractivity contribution in [2.24, 2.45) is 11.8 Å². The molecule has 1 heterocycles. The van der Waals surface area contributed by atoms with Crippen LogP contribution in [-0.4, -0.2) is 55.3 Å². The Hall–Kier alpha value is -2.56. The van der Waals surface area contributed by atoms with Crippen LogP contribution >= 0.6 is 0 Å². The van der Waals surface area contributed by atoms with Gasteiger partial charge in [0.25, 0.3) is 0 Å². The fourth-order valence-electron chi connectivity index (χ4n) is 4.93. The quantitative estimate of drug-likeness (QED) is 0.428. The average molecular weight is 443 g/mol. The Balaban J connectivity index is 1.91. The van der Waals surface area contributed by atoms with Crippen LogP contribution in [0.3, 0.4) is 0 Å². The molecule has 1 aromatic carbocycles. The Morgan fingerprint density at radius 2 is 2.06 bits per heavy atom. The van der Waals surface area contributed by atoms with E-state index < -0.39 is 17.6 Å². The molecule has 0 unspecified atom stereocenters. The van der Waals surface area contributed by atoms with E-state index in [4.69, 9.17) is 14.5 Å². The third-order valence-corrected chi connectivity index (χ3v) is 6.54. The molecule has 1 aliphatic carbocycles. The summed E-state index contributed by atoms with van der Waals surface area (Å²) in [6, 6.07) is 7.40. The van der Waals surface area contributed by atoms with Gasteiger partial charge in [0.15, 0.2) is 5.60 Å². The SMILES string of the molecule is CN[C@H](C(=O)OO[C@@]1(C#Cc2cccc(C)c2)CCC[C@@H]2[C@H]1CCN2C(=O)OC)C(C)C. The Morgan fingerprint density at radius 1 is 1.28 bits per heavy atom. The van der Waals surface area contributed by atoms with E-state index in [9.17, 15) is 9.59 Å². The number of amides is 1. The summed E-state index contributed by atoms with van der Waals surface area (Å²) in [4.78, 5) is 38.1. The van der Waals surface area contributed by atoms with Crippen LogP contribution in [0.1, 0.15) is 50.7 Å². The third-order valence-electron chi connectivity index (χ3n) is 6.54. The second kappa shape index (κ2) is 10.4. The molecule has 0 bridgehead atoms. The first kappa shape index (κ1) is 24.1. The highest BCUT2D eigenvalue weighted by Gasteiger charge is 2.54. The van der Waals surface area contributed by atoms with Gasteiger partial charge in [0, 0.05) is 24.1 Å². The van der Waals surface area contributed by atoms with Crippen molar-refractivity contribution in [3.05, 3.63) is 35.4 Å². The number of likely N-dealkylation sites (tertiary alicyclic amines) is 1. The number of aryl methyl sites for hydroxylation is 1. The molecule has 7 heteroatoms. The smallest absolute Gasteiger partial charge is 0.409 e. The van der Waals surface area contributed by atoms with Gasteiger partial charge in [0.1, 0.15) is 6.04 Å². The van der Waals surface area contributed by atoms with Gasteiger partial charge in [-0.25, -0.2) is 9.59 Å². The number of rotatable bonds is 5. The summed E-state index contributed by atoms with van der Waals surface area (Å²) in [6.45, 7) is 6.47. The van der Waals surface area contributed by atoms with Crippen LogP contribution in [-0.2, 0) is 19.3 Å². The first-order chi connectivity index (χ1) is 15.3. The maximum absolute atomic E-state index is 12.7. The van der Waals surface area contributed by atoms with Gasteiger partial charge in [0.05, 0.1) is 7.11 Å². The Bertz CT molecular complexity index is 890. The molecular formula is C25H34N2O5. The van der Waals surface area contributed by atoms with Gasteiger partial charge >= 0.3 is 12.1 Å². The van der Waals surface area contributed by atoms with Gasteiger partial charge in [-0.1, -0.05) is 37.8 Å². The van der Waals surface area contributed by atoms with E-state index in [1.54, 1.807) is 11.9 Å². The number of nitrogens with one attached hydrogen (secondary N) is 1. The van der Waals surface area contributed by atoms with Crippen molar-refractivity contribution in [3.8, 4) is 11.8 Å². The number of likely N-dealkylation sites (N-methyl/N-ethyl adjacent to an activating group) is 1. The van der Waals surface area contributed by atoms with Crippen LogP contribution in [0.5, 0.6) is 0 Å². The molecule has 4 atom stereocenters. The number of fused-ring (bicyclic) bond motifs is 1. The number of nitrogens with zero attached hydrogens (tertiary/aromatic N) is 1. The number of benzene rings is 1. The van der Waals surface area contributed by atoms with Gasteiger partial charge in [-0.3, -0.25) is 4.89 Å². The minimum absolute atomic E-state index is 0.0471. The highest BCUT2D eigenvalue weighted by atomic mass is 17.2. The molecule has 32 heavy (non-hydrogen) atoms. The van der Waals surface area contributed by atoms with Gasteiger partial charge in [0.2, 0.25) is 0 Å². The van der Waals surface area contributed by atoms with Crippen molar-refractivity contribution in [2.75, 3.05) is 20.7 Å². The van der Waals surface area contributed by atoms with Crippen LogP contribution in [0.25, 0.3) is 0 Å². The van der Waals surface area contributed by atoms with Gasteiger partial charge in [-0.2, -0.15) is 4.89 Å². The first-order valence-electron chi connectivity index (χ1n) is 11.3. The molecule has 0 spiro atoms. The topological polar surface area (TPSA) is 77.1 Å². The zero-order chi connectivity index (χ0) is 23.3. The second-order valence-electron chi connectivity index (χ2n) is 9.02. The Kier molecular flexibility index (Phi) is 7.81. The van der Waals surface area contributed by atoms with Crippen LogP contribution in [0.4, 0.5) is 4.79 Å². The molecule has 1 amide bonds. The van der Waals surface area contributed by atoms with E-state index in [-0.39, 0.29) is 24.0 Å². The summed E-state index contributed by atoms with van der Waals surface area (Å²) < 4.78 is 4.98. The number of carbonyl (C=O) groups is 2. The van der Waals surface area contributed by atoms with Crippen molar-refractivity contribution in [3.63, 3.8) is 0 Å². The van der Waals surface area contributed by atoms with E-state index >= 15 is 0 Å². The molecule has 3 rings (SSSR count). The largest absolute Gasteiger partial charge is 0.453 e. The van der Waals surface area contributed by atoms with Crippen molar-refractivity contribution >= 4 is 12.1 Å². The zero-order valence-corrected chi connectivity index (χ0v) is 19.6. The predicted molar refractivity (Wildman–Crippen MR) is 121 cm³/mol. The summed E-state index contributed by atoms with van der Waals surface area (Å²) in [5, 5.41) is 2.98. The fourth-order valence-corrected chi connectivity index (χ4v) is 4.93. The third kappa shape index (κ3) is 5.08. The van der Waals surface area contributed by atoms with E-state index in [0.717, 1.165) is 24.0 Å². The summed E-state index contributed by atoms with van der Waals surface area (Å²) in [5.74, 6) is 6.06. The molecule has 174 valence electrons. The van der Waals surface area contributed by atoms with Crippen molar-refractivity contribution in [1.82, 2.24) is 10.2 Å². The minimum Gasteiger partial charge on any atom is -0.453 e. The molecule has 1 aliphatic heterocycles.